The van der Waals surface area contributed by atoms with Crippen LogP contribution in [0.15, 0.2) is 0 Å². The molecule has 0 saturated carbocycles. The molecule has 2 heteroatoms. The Morgan fingerprint density at radius 1 is 1.20 bits per heavy atom. The Kier molecular flexibility index (Phi) is 5.64. The lowest BCUT2D eigenvalue weighted by molar-refractivity contribution is 0.398. The molecule has 0 heterocycles. The van der Waals surface area contributed by atoms with Gasteiger partial charge in [0.25, 0.3) is 0 Å². The lowest BCUT2D eigenvalue weighted by Gasteiger charge is -2.15. The zero-order valence-electron chi connectivity index (χ0n) is 7.14. The third-order valence-corrected chi connectivity index (χ3v) is 1.71. The molecular weight excluding hydrogens is 124 g/mol. The lowest BCUT2D eigenvalue weighted by atomic mass is 9.94. The van der Waals surface area contributed by atoms with Crippen molar-refractivity contribution in [3.8, 4) is 0 Å². The maximum atomic E-state index is 5.55. The first-order valence-electron chi connectivity index (χ1n) is 4.10. The van der Waals surface area contributed by atoms with E-state index < -0.39 is 0 Å². The van der Waals surface area contributed by atoms with E-state index in [0.717, 1.165) is 25.4 Å². The van der Waals surface area contributed by atoms with Crippen molar-refractivity contribution in [1.82, 2.24) is 0 Å². The molecule has 0 spiro atoms. The molecule has 1 atom stereocenters. The van der Waals surface area contributed by atoms with Crippen LogP contribution in [0.25, 0.3) is 0 Å². The van der Waals surface area contributed by atoms with Gasteiger partial charge in [-0.05, 0) is 37.8 Å². The van der Waals surface area contributed by atoms with Gasteiger partial charge in [0.1, 0.15) is 0 Å². The van der Waals surface area contributed by atoms with Crippen LogP contribution < -0.4 is 11.5 Å². The topological polar surface area (TPSA) is 52.0 Å². The van der Waals surface area contributed by atoms with Crippen LogP contribution >= 0.6 is 0 Å². The van der Waals surface area contributed by atoms with Gasteiger partial charge >= 0.3 is 0 Å². The summed E-state index contributed by atoms with van der Waals surface area (Å²) in [6.07, 6.45) is 2.29. The molecule has 0 aromatic heterocycles. The van der Waals surface area contributed by atoms with Crippen LogP contribution in [-0.2, 0) is 0 Å². The Hall–Kier alpha value is -0.0800. The Morgan fingerprint density at radius 2 is 1.80 bits per heavy atom. The van der Waals surface area contributed by atoms with Gasteiger partial charge in [-0.15, -0.1) is 0 Å². The van der Waals surface area contributed by atoms with Crippen LogP contribution in [0.2, 0.25) is 0 Å². The summed E-state index contributed by atoms with van der Waals surface area (Å²) >= 11 is 0. The number of rotatable bonds is 5. The molecule has 10 heavy (non-hydrogen) atoms. The second kappa shape index (κ2) is 5.69. The molecule has 0 fully saturated rings. The molecule has 0 aromatic rings. The van der Waals surface area contributed by atoms with Gasteiger partial charge in [0.2, 0.25) is 0 Å². The van der Waals surface area contributed by atoms with Gasteiger partial charge in [0.15, 0.2) is 0 Å². The average molecular weight is 144 g/mol. The summed E-state index contributed by atoms with van der Waals surface area (Å²) < 4.78 is 0. The van der Waals surface area contributed by atoms with Crippen molar-refractivity contribution in [2.45, 2.75) is 26.7 Å². The molecule has 0 aromatic carbocycles. The highest BCUT2D eigenvalue weighted by atomic mass is 14.6. The van der Waals surface area contributed by atoms with Crippen molar-refractivity contribution in [1.29, 1.82) is 0 Å². The maximum Gasteiger partial charge on any atom is -0.00483 e. The fourth-order valence-electron chi connectivity index (χ4n) is 1.23. The maximum absolute atomic E-state index is 5.55. The van der Waals surface area contributed by atoms with E-state index in [-0.39, 0.29) is 0 Å². The molecule has 4 N–H and O–H groups in total. The Morgan fingerprint density at radius 3 is 2.10 bits per heavy atom. The van der Waals surface area contributed by atoms with Crippen molar-refractivity contribution in [3.63, 3.8) is 0 Å². The first-order chi connectivity index (χ1) is 4.70. The Balaban J connectivity index is 3.39. The fraction of sp³-hybridized carbons (Fsp3) is 1.00. The van der Waals surface area contributed by atoms with E-state index in [0.29, 0.717) is 5.92 Å². The molecular formula is C8H20N2. The summed E-state index contributed by atoms with van der Waals surface area (Å²) in [6.45, 7) is 6.00. The molecule has 0 bridgehead atoms. The number of hydrogen-bond donors (Lipinski definition) is 2. The van der Waals surface area contributed by atoms with E-state index in [1.807, 2.05) is 0 Å². The molecule has 0 saturated heterocycles. The van der Waals surface area contributed by atoms with Crippen molar-refractivity contribution in [3.05, 3.63) is 0 Å². The summed E-state index contributed by atoms with van der Waals surface area (Å²) in [6, 6.07) is 0. The normalized spacial score (nSPS) is 14.1. The lowest BCUT2D eigenvalue weighted by Crippen LogP contribution is -2.19. The third kappa shape index (κ3) is 4.77. The summed E-state index contributed by atoms with van der Waals surface area (Å²) in [5.74, 6) is 1.39. The standard InChI is InChI=1S/C8H20N2/c1-7(2)5-8(6-10)3-4-9/h7-8H,3-6,9-10H2,1-2H3. The summed E-state index contributed by atoms with van der Waals surface area (Å²) in [7, 11) is 0. The van der Waals surface area contributed by atoms with Crippen LogP contribution in [-0.4, -0.2) is 13.1 Å². The van der Waals surface area contributed by atoms with Crippen LogP contribution in [0.1, 0.15) is 26.7 Å². The van der Waals surface area contributed by atoms with E-state index in [9.17, 15) is 0 Å². The van der Waals surface area contributed by atoms with E-state index in [1.54, 1.807) is 0 Å². The summed E-state index contributed by atoms with van der Waals surface area (Å²) in [4.78, 5) is 0. The van der Waals surface area contributed by atoms with Crippen molar-refractivity contribution in [2.24, 2.45) is 23.3 Å². The minimum atomic E-state index is 0.644. The predicted molar refractivity (Wildman–Crippen MR) is 45.7 cm³/mol. The molecule has 0 radical (unpaired) electrons. The second-order valence-electron chi connectivity index (χ2n) is 3.31. The average Bonchev–Trinajstić information content (AvgIpc) is 1.86. The molecule has 0 aliphatic heterocycles. The van der Waals surface area contributed by atoms with Crippen molar-refractivity contribution >= 4 is 0 Å². The van der Waals surface area contributed by atoms with Crippen LogP contribution in [0.4, 0.5) is 0 Å². The highest BCUT2D eigenvalue weighted by Gasteiger charge is 2.06. The predicted octanol–water partition coefficient (Wildman–Crippen LogP) is 0.956. The molecule has 0 rings (SSSR count). The zero-order valence-corrected chi connectivity index (χ0v) is 7.14. The first kappa shape index (κ1) is 9.92. The molecule has 1 unspecified atom stereocenters. The zero-order chi connectivity index (χ0) is 7.98. The minimum Gasteiger partial charge on any atom is -0.330 e. The largest absolute Gasteiger partial charge is 0.330 e. The van der Waals surface area contributed by atoms with Crippen LogP contribution in [0, 0.1) is 11.8 Å². The molecule has 0 aliphatic carbocycles. The van der Waals surface area contributed by atoms with E-state index in [4.69, 9.17) is 11.5 Å². The van der Waals surface area contributed by atoms with Gasteiger partial charge in [-0.3, -0.25) is 0 Å². The summed E-state index contributed by atoms with van der Waals surface area (Å²) in [5, 5.41) is 0. The van der Waals surface area contributed by atoms with Gasteiger partial charge < -0.3 is 11.5 Å². The van der Waals surface area contributed by atoms with Gasteiger partial charge in [-0.2, -0.15) is 0 Å². The van der Waals surface area contributed by atoms with Gasteiger partial charge in [-0.25, -0.2) is 0 Å². The molecule has 2 nitrogen and oxygen atoms in total. The SMILES string of the molecule is CC(C)CC(CN)CCN. The summed E-state index contributed by atoms with van der Waals surface area (Å²) in [5.41, 5.74) is 11.0. The Labute approximate surface area is 64.0 Å². The van der Waals surface area contributed by atoms with Crippen LogP contribution in [0.5, 0.6) is 0 Å². The highest BCUT2D eigenvalue weighted by molar-refractivity contribution is 4.62. The number of nitrogens with two attached hydrogens (primary N) is 2. The van der Waals surface area contributed by atoms with E-state index >= 15 is 0 Å². The van der Waals surface area contributed by atoms with Gasteiger partial charge in [0, 0.05) is 0 Å². The van der Waals surface area contributed by atoms with E-state index in [2.05, 4.69) is 13.8 Å². The Bertz CT molecular complexity index is 71.7. The molecule has 62 valence electrons. The van der Waals surface area contributed by atoms with Crippen LogP contribution in [0.3, 0.4) is 0 Å². The smallest absolute Gasteiger partial charge is 0.00483 e. The van der Waals surface area contributed by atoms with Crippen molar-refractivity contribution < 1.29 is 0 Å². The quantitative estimate of drug-likeness (QED) is 0.603. The van der Waals surface area contributed by atoms with Crippen molar-refractivity contribution in [2.75, 3.05) is 13.1 Å². The minimum absolute atomic E-state index is 0.644. The van der Waals surface area contributed by atoms with Gasteiger partial charge in [-0.1, -0.05) is 13.8 Å². The second-order valence-corrected chi connectivity index (χ2v) is 3.31. The first-order valence-corrected chi connectivity index (χ1v) is 4.10. The molecule has 0 aliphatic rings. The van der Waals surface area contributed by atoms with Gasteiger partial charge in [0.05, 0.1) is 0 Å². The highest BCUT2D eigenvalue weighted by Crippen LogP contribution is 2.12. The monoisotopic (exact) mass is 144 g/mol. The fourth-order valence-corrected chi connectivity index (χ4v) is 1.23. The number of hydrogen-bond acceptors (Lipinski definition) is 2. The molecule has 0 amide bonds. The third-order valence-electron chi connectivity index (χ3n) is 1.71. The van der Waals surface area contributed by atoms with E-state index in [1.165, 1.54) is 6.42 Å².